The molecule has 0 aromatic rings. The van der Waals surface area contributed by atoms with Gasteiger partial charge in [-0.3, -0.25) is 0 Å². The Morgan fingerprint density at radius 1 is 0.286 bits per heavy atom. The zero-order chi connectivity index (χ0) is 30.3. The molecular formula is C41H77N. The van der Waals surface area contributed by atoms with Gasteiger partial charge in [0.15, 0.2) is 0 Å². The molecule has 0 amide bonds. The third-order valence-electron chi connectivity index (χ3n) is 8.36. The van der Waals surface area contributed by atoms with E-state index in [0.29, 0.717) is 0 Å². The molecule has 42 heavy (non-hydrogen) atoms. The molecule has 0 saturated heterocycles. The molecule has 1 nitrogen and oxygen atoms in total. The second-order valence-corrected chi connectivity index (χ2v) is 12.7. The van der Waals surface area contributed by atoms with Crippen LogP contribution >= 0.6 is 0 Å². The highest BCUT2D eigenvalue weighted by Gasteiger charge is 1.95. The Morgan fingerprint density at radius 2 is 0.548 bits per heavy atom. The average molecular weight is 584 g/mol. The molecule has 0 spiro atoms. The molecule has 0 fully saturated rings. The van der Waals surface area contributed by atoms with E-state index in [2.05, 4.69) is 67.8 Å². The van der Waals surface area contributed by atoms with Gasteiger partial charge >= 0.3 is 0 Å². The van der Waals surface area contributed by atoms with Crippen molar-refractivity contribution in [2.24, 2.45) is 0 Å². The van der Waals surface area contributed by atoms with Crippen molar-refractivity contribution in [1.29, 1.82) is 0 Å². The van der Waals surface area contributed by atoms with Crippen LogP contribution in [0.4, 0.5) is 0 Å². The first-order chi connectivity index (χ1) is 20.9. The smallest absolute Gasteiger partial charge is 0.00489 e. The van der Waals surface area contributed by atoms with Crippen LogP contribution in [0.1, 0.15) is 200 Å². The SMILES string of the molecule is CCCCC/C=C\C/C=C\CCCCCCCCCCCNCCCCCCCCCC/C=C\C/C=C\CCCCC. The lowest BCUT2D eigenvalue weighted by atomic mass is 10.1. The van der Waals surface area contributed by atoms with Gasteiger partial charge in [0.1, 0.15) is 0 Å². The van der Waals surface area contributed by atoms with Crippen LogP contribution < -0.4 is 5.32 Å². The molecule has 0 aliphatic carbocycles. The van der Waals surface area contributed by atoms with Gasteiger partial charge in [-0.15, -0.1) is 0 Å². The third kappa shape index (κ3) is 38.9. The fraction of sp³-hybridized carbons (Fsp3) is 0.805. The minimum atomic E-state index is 1.12. The monoisotopic (exact) mass is 584 g/mol. The van der Waals surface area contributed by atoms with E-state index in [1.807, 2.05) is 0 Å². The number of hydrogen-bond acceptors (Lipinski definition) is 1. The number of nitrogens with one attached hydrogen (secondary N) is 1. The molecule has 0 aromatic heterocycles. The maximum atomic E-state index is 3.68. The van der Waals surface area contributed by atoms with Gasteiger partial charge in [0.05, 0.1) is 0 Å². The van der Waals surface area contributed by atoms with E-state index >= 15 is 0 Å². The predicted molar refractivity (Wildman–Crippen MR) is 195 cm³/mol. The molecule has 0 unspecified atom stereocenters. The van der Waals surface area contributed by atoms with Crippen molar-refractivity contribution in [2.75, 3.05) is 13.1 Å². The highest BCUT2D eigenvalue weighted by molar-refractivity contribution is 4.93. The van der Waals surface area contributed by atoms with Crippen LogP contribution in [0.2, 0.25) is 0 Å². The maximum absolute atomic E-state index is 3.68. The molecule has 0 aliphatic heterocycles. The van der Waals surface area contributed by atoms with E-state index in [0.717, 1.165) is 12.8 Å². The molecule has 0 aliphatic rings. The lowest BCUT2D eigenvalue weighted by Gasteiger charge is -2.05. The van der Waals surface area contributed by atoms with E-state index in [1.54, 1.807) is 0 Å². The van der Waals surface area contributed by atoms with Gasteiger partial charge in [0.2, 0.25) is 0 Å². The standard InChI is InChI=1S/C41H77N/c1-3-5-7-9-11-13-15-17-19-21-23-25-27-29-31-33-35-37-39-41-42-40-38-36-34-32-30-28-26-24-22-20-18-16-14-12-10-8-6-4-2/h11-14,17-20,42H,3-10,15-16,21-41H2,1-2H3/b13-11-,14-12-,19-17-,20-18-. The molecule has 246 valence electrons. The Hall–Kier alpha value is -1.08. The molecule has 0 heterocycles. The first-order valence-corrected chi connectivity index (χ1v) is 19.2. The normalized spacial score (nSPS) is 12.3. The zero-order valence-corrected chi connectivity index (χ0v) is 29.0. The minimum absolute atomic E-state index is 1.12. The van der Waals surface area contributed by atoms with Crippen LogP contribution in [0, 0.1) is 0 Å². The summed E-state index contributed by atoms with van der Waals surface area (Å²) in [4.78, 5) is 0. The summed E-state index contributed by atoms with van der Waals surface area (Å²) in [6.45, 7) is 7.00. The van der Waals surface area contributed by atoms with Gasteiger partial charge in [-0.1, -0.05) is 172 Å². The molecule has 0 aromatic carbocycles. The van der Waals surface area contributed by atoms with E-state index in [4.69, 9.17) is 0 Å². The van der Waals surface area contributed by atoms with Gasteiger partial charge in [-0.2, -0.15) is 0 Å². The summed E-state index contributed by atoms with van der Waals surface area (Å²) in [5.41, 5.74) is 0. The first-order valence-electron chi connectivity index (χ1n) is 19.2. The number of rotatable bonds is 35. The van der Waals surface area contributed by atoms with Crippen molar-refractivity contribution in [2.45, 2.75) is 200 Å². The van der Waals surface area contributed by atoms with Crippen LogP contribution in [0.3, 0.4) is 0 Å². The Kier molecular flexibility index (Phi) is 38.9. The van der Waals surface area contributed by atoms with E-state index < -0.39 is 0 Å². The number of unbranched alkanes of at least 4 members (excludes halogenated alkanes) is 23. The molecular weight excluding hydrogens is 506 g/mol. The van der Waals surface area contributed by atoms with Gasteiger partial charge in [-0.25, -0.2) is 0 Å². The van der Waals surface area contributed by atoms with Gasteiger partial charge in [0.25, 0.3) is 0 Å². The lowest BCUT2D eigenvalue weighted by Crippen LogP contribution is -2.16. The largest absolute Gasteiger partial charge is 0.317 e. The van der Waals surface area contributed by atoms with Crippen LogP contribution in [0.25, 0.3) is 0 Å². The summed E-state index contributed by atoms with van der Waals surface area (Å²) < 4.78 is 0. The molecule has 0 rings (SSSR count). The summed E-state index contributed by atoms with van der Waals surface area (Å²) >= 11 is 0. The van der Waals surface area contributed by atoms with Crippen molar-refractivity contribution in [3.8, 4) is 0 Å². The molecule has 1 N–H and O–H groups in total. The Balaban J connectivity index is 3.14. The molecule has 1 heteroatoms. The van der Waals surface area contributed by atoms with Crippen LogP contribution in [0.5, 0.6) is 0 Å². The second-order valence-electron chi connectivity index (χ2n) is 12.7. The topological polar surface area (TPSA) is 12.0 Å². The van der Waals surface area contributed by atoms with Crippen molar-refractivity contribution in [3.05, 3.63) is 48.6 Å². The van der Waals surface area contributed by atoms with Gasteiger partial charge < -0.3 is 5.32 Å². The fourth-order valence-electron chi connectivity index (χ4n) is 5.49. The highest BCUT2D eigenvalue weighted by atomic mass is 14.8. The Labute approximate surface area is 266 Å². The summed E-state index contributed by atoms with van der Waals surface area (Å²) in [5, 5.41) is 3.68. The molecule has 0 saturated carbocycles. The molecule has 0 atom stereocenters. The predicted octanol–water partition coefficient (Wildman–Crippen LogP) is 14.2. The summed E-state index contributed by atoms with van der Waals surface area (Å²) in [6.07, 6.45) is 58.3. The van der Waals surface area contributed by atoms with E-state index in [9.17, 15) is 0 Å². The number of hydrogen-bond donors (Lipinski definition) is 1. The van der Waals surface area contributed by atoms with Crippen molar-refractivity contribution in [1.82, 2.24) is 5.32 Å². The molecule has 0 radical (unpaired) electrons. The minimum Gasteiger partial charge on any atom is -0.317 e. The van der Waals surface area contributed by atoms with Crippen LogP contribution in [-0.2, 0) is 0 Å². The first kappa shape index (κ1) is 40.9. The van der Waals surface area contributed by atoms with Crippen molar-refractivity contribution < 1.29 is 0 Å². The van der Waals surface area contributed by atoms with E-state index in [1.165, 1.54) is 186 Å². The summed E-state index contributed by atoms with van der Waals surface area (Å²) in [6, 6.07) is 0. The molecule has 0 bridgehead atoms. The highest BCUT2D eigenvalue weighted by Crippen LogP contribution is 2.12. The maximum Gasteiger partial charge on any atom is -0.00489 e. The third-order valence-corrected chi connectivity index (χ3v) is 8.36. The Morgan fingerprint density at radius 3 is 0.857 bits per heavy atom. The summed E-state index contributed by atoms with van der Waals surface area (Å²) in [5.74, 6) is 0. The second kappa shape index (κ2) is 39.9. The lowest BCUT2D eigenvalue weighted by molar-refractivity contribution is 0.528. The average Bonchev–Trinajstić information content (AvgIpc) is 3.00. The zero-order valence-electron chi connectivity index (χ0n) is 29.0. The van der Waals surface area contributed by atoms with Gasteiger partial charge in [-0.05, 0) is 90.1 Å². The van der Waals surface area contributed by atoms with Crippen molar-refractivity contribution in [3.63, 3.8) is 0 Å². The summed E-state index contributed by atoms with van der Waals surface area (Å²) in [7, 11) is 0. The quantitative estimate of drug-likeness (QED) is 0.0578. The van der Waals surface area contributed by atoms with E-state index in [-0.39, 0.29) is 0 Å². The van der Waals surface area contributed by atoms with Gasteiger partial charge in [0, 0.05) is 0 Å². The van der Waals surface area contributed by atoms with Crippen LogP contribution in [0.15, 0.2) is 48.6 Å². The van der Waals surface area contributed by atoms with Crippen LogP contribution in [-0.4, -0.2) is 13.1 Å². The fourth-order valence-corrected chi connectivity index (χ4v) is 5.49. The number of allylic oxidation sites excluding steroid dienone is 8. The Bertz CT molecular complexity index is 532. The van der Waals surface area contributed by atoms with Crippen molar-refractivity contribution >= 4 is 0 Å².